The van der Waals surface area contributed by atoms with Crippen molar-refractivity contribution in [2.24, 2.45) is 0 Å². The summed E-state index contributed by atoms with van der Waals surface area (Å²) >= 11 is 0. The minimum atomic E-state index is -1.63. The van der Waals surface area contributed by atoms with E-state index in [9.17, 15) is 30.1 Å². The molecule has 0 bridgehead atoms. The Kier molecular flexibility index (Phi) is 4.03. The van der Waals surface area contributed by atoms with Crippen molar-refractivity contribution in [1.82, 2.24) is 6.15 Å². The minimum Gasteiger partial charge on any atom is -0.545 e. The summed E-state index contributed by atoms with van der Waals surface area (Å²) in [5.74, 6) is -1.63. The zero-order valence-electron chi connectivity index (χ0n) is 8.08. The van der Waals surface area contributed by atoms with E-state index in [0.717, 1.165) is 12.1 Å². The number of aromatic carboxylic acids is 1. The second kappa shape index (κ2) is 4.79. The lowest BCUT2D eigenvalue weighted by molar-refractivity contribution is -0.422. The van der Waals surface area contributed by atoms with Crippen LogP contribution in [0, 0.1) is 20.2 Å². The number of benzene rings is 1. The van der Waals surface area contributed by atoms with Gasteiger partial charge in [-0.15, -0.1) is 0 Å². The number of carbonyl (C=O) groups excluding carboxylic acids is 1. The van der Waals surface area contributed by atoms with Crippen LogP contribution in [-0.2, 0) is 0 Å². The Bertz CT molecular complexity index is 457. The summed E-state index contributed by atoms with van der Waals surface area (Å²) in [4.78, 5) is 29.1. The molecule has 0 aliphatic heterocycles. The number of nitro groups is 2. The molecule has 0 saturated carbocycles. The Labute approximate surface area is 88.2 Å². The molecular formula is C7H7N3O6. The first kappa shape index (κ1) is 13.4. The molecule has 1 rings (SSSR count). The van der Waals surface area contributed by atoms with E-state index in [1.54, 1.807) is 0 Å². The Morgan fingerprint density at radius 1 is 1.06 bits per heavy atom. The third-order valence-electron chi connectivity index (χ3n) is 1.60. The van der Waals surface area contributed by atoms with Crippen LogP contribution in [0.3, 0.4) is 0 Å². The van der Waals surface area contributed by atoms with E-state index in [4.69, 9.17) is 0 Å². The summed E-state index contributed by atoms with van der Waals surface area (Å²) in [6.45, 7) is 0. The quantitative estimate of drug-likeness (QED) is 0.576. The first-order chi connectivity index (χ1) is 6.93. The fraction of sp³-hybridized carbons (Fsp3) is 0. The molecule has 4 N–H and O–H groups in total. The van der Waals surface area contributed by atoms with Crippen molar-refractivity contribution in [2.75, 3.05) is 0 Å². The molecule has 0 unspecified atom stereocenters. The highest BCUT2D eigenvalue weighted by molar-refractivity contribution is 5.87. The predicted octanol–water partition coefficient (Wildman–Crippen LogP) is 0.243. The number of carboxylic acid groups (broad SMARTS) is 1. The average Bonchev–Trinajstić information content (AvgIpc) is 2.16. The molecule has 0 aliphatic rings. The molecule has 1 aromatic carbocycles. The highest BCUT2D eigenvalue weighted by Crippen LogP contribution is 2.27. The lowest BCUT2D eigenvalue weighted by Gasteiger charge is -2.01. The van der Waals surface area contributed by atoms with Gasteiger partial charge in [-0.2, -0.15) is 0 Å². The summed E-state index contributed by atoms with van der Waals surface area (Å²) < 4.78 is 0. The fourth-order valence-corrected chi connectivity index (χ4v) is 0.951. The smallest absolute Gasteiger partial charge is 0.346 e. The van der Waals surface area contributed by atoms with Gasteiger partial charge in [0.2, 0.25) is 0 Å². The van der Waals surface area contributed by atoms with Crippen LogP contribution >= 0.6 is 0 Å². The Balaban J connectivity index is 0.00000225. The topological polar surface area (TPSA) is 163 Å². The van der Waals surface area contributed by atoms with Crippen LogP contribution in [0.4, 0.5) is 11.4 Å². The molecule has 0 radical (unpaired) electrons. The second-order valence-corrected chi connectivity index (χ2v) is 2.51. The maximum atomic E-state index is 10.4. The molecule has 0 atom stereocenters. The standard InChI is InChI=1S/C7H4N2O6.H3N/c10-7(11)4-1-2-5(8(12)13)6(3-4)9(14)15;/h1-3H,(H,10,11);1H3. The maximum Gasteiger partial charge on any atom is 0.346 e. The summed E-state index contributed by atoms with van der Waals surface area (Å²) in [7, 11) is 0. The van der Waals surface area contributed by atoms with Crippen molar-refractivity contribution in [2.45, 2.75) is 0 Å². The second-order valence-electron chi connectivity index (χ2n) is 2.51. The Hall–Kier alpha value is -2.55. The summed E-state index contributed by atoms with van der Waals surface area (Å²) in [6.07, 6.45) is 0. The van der Waals surface area contributed by atoms with Crippen molar-refractivity contribution in [3.63, 3.8) is 0 Å². The number of rotatable bonds is 3. The fourth-order valence-electron chi connectivity index (χ4n) is 0.951. The van der Waals surface area contributed by atoms with Gasteiger partial charge in [0.1, 0.15) is 0 Å². The molecule has 1 aromatic rings. The van der Waals surface area contributed by atoms with E-state index >= 15 is 0 Å². The van der Waals surface area contributed by atoms with Gasteiger partial charge in [-0.3, -0.25) is 20.2 Å². The number of hydrogen-bond acceptors (Lipinski definition) is 6. The highest BCUT2D eigenvalue weighted by atomic mass is 16.6. The van der Waals surface area contributed by atoms with Gasteiger partial charge in [-0.25, -0.2) is 0 Å². The lowest BCUT2D eigenvalue weighted by atomic mass is 10.2. The van der Waals surface area contributed by atoms with Gasteiger partial charge in [0.15, 0.2) is 0 Å². The Morgan fingerprint density at radius 3 is 1.94 bits per heavy atom. The highest BCUT2D eigenvalue weighted by Gasteiger charge is 2.23. The summed E-state index contributed by atoms with van der Waals surface area (Å²) in [5.41, 5.74) is -2.11. The first-order valence-electron chi connectivity index (χ1n) is 3.57. The van der Waals surface area contributed by atoms with Crippen molar-refractivity contribution in [3.8, 4) is 0 Å². The zero-order chi connectivity index (χ0) is 11.6. The molecule has 86 valence electrons. The van der Waals surface area contributed by atoms with Crippen molar-refractivity contribution >= 4 is 17.3 Å². The van der Waals surface area contributed by atoms with Crippen LogP contribution in [0.25, 0.3) is 0 Å². The maximum absolute atomic E-state index is 10.4. The van der Waals surface area contributed by atoms with Gasteiger partial charge in [0, 0.05) is 17.7 Å². The molecule has 0 saturated heterocycles. The van der Waals surface area contributed by atoms with Gasteiger partial charge in [0.05, 0.1) is 15.8 Å². The molecule has 0 amide bonds. The third-order valence-corrected chi connectivity index (χ3v) is 1.60. The van der Waals surface area contributed by atoms with Crippen LogP contribution < -0.4 is 11.3 Å². The number of hydrogen-bond donors (Lipinski definition) is 1. The van der Waals surface area contributed by atoms with Crippen LogP contribution in [-0.4, -0.2) is 15.8 Å². The summed E-state index contributed by atoms with van der Waals surface area (Å²) in [6, 6.07) is 2.22. The minimum absolute atomic E-state index is 0. The van der Waals surface area contributed by atoms with Crippen LogP contribution in [0.5, 0.6) is 0 Å². The van der Waals surface area contributed by atoms with E-state index in [1.807, 2.05) is 0 Å². The van der Waals surface area contributed by atoms with Crippen molar-refractivity contribution in [3.05, 3.63) is 44.0 Å². The van der Waals surface area contributed by atoms with E-state index in [-0.39, 0.29) is 6.15 Å². The van der Waals surface area contributed by atoms with E-state index in [1.165, 1.54) is 0 Å². The molecule has 0 aliphatic carbocycles. The zero-order valence-corrected chi connectivity index (χ0v) is 8.08. The summed E-state index contributed by atoms with van der Waals surface area (Å²) in [5, 5.41) is 31.1. The lowest BCUT2D eigenvalue weighted by Crippen LogP contribution is -2.22. The molecule has 0 aromatic heterocycles. The van der Waals surface area contributed by atoms with E-state index < -0.39 is 32.8 Å². The van der Waals surface area contributed by atoms with Crippen molar-refractivity contribution in [1.29, 1.82) is 0 Å². The molecule has 9 nitrogen and oxygen atoms in total. The molecule has 0 heterocycles. The molecule has 0 fully saturated rings. The van der Waals surface area contributed by atoms with Gasteiger partial charge < -0.3 is 16.1 Å². The number of carboxylic acids is 1. The van der Waals surface area contributed by atoms with Gasteiger partial charge in [0.25, 0.3) is 0 Å². The monoisotopic (exact) mass is 229 g/mol. The molecule has 16 heavy (non-hydrogen) atoms. The van der Waals surface area contributed by atoms with E-state index in [2.05, 4.69) is 0 Å². The average molecular weight is 229 g/mol. The number of nitro benzene ring substituents is 2. The molecule has 9 heteroatoms. The number of quaternary nitrogens is 1. The van der Waals surface area contributed by atoms with Gasteiger partial charge in [-0.05, 0) is 6.07 Å². The number of carbonyl (C=O) groups is 1. The van der Waals surface area contributed by atoms with Crippen LogP contribution in [0.1, 0.15) is 10.4 Å². The van der Waals surface area contributed by atoms with E-state index in [0.29, 0.717) is 6.07 Å². The number of nitrogens with zero attached hydrogens (tertiary/aromatic N) is 2. The van der Waals surface area contributed by atoms with Crippen LogP contribution in [0.2, 0.25) is 0 Å². The van der Waals surface area contributed by atoms with Crippen LogP contribution in [0.15, 0.2) is 18.2 Å². The SMILES string of the molecule is O=C([O-])c1ccc([N+](=O)[O-])c([N+](=O)[O-])c1.[NH4+]. The van der Waals surface area contributed by atoms with Gasteiger partial charge in [-0.1, -0.05) is 0 Å². The molecular weight excluding hydrogens is 222 g/mol. The predicted molar refractivity (Wildman–Crippen MR) is 50.1 cm³/mol. The largest absolute Gasteiger partial charge is 0.545 e. The van der Waals surface area contributed by atoms with Gasteiger partial charge >= 0.3 is 11.4 Å². The Morgan fingerprint density at radius 2 is 1.56 bits per heavy atom. The third kappa shape index (κ3) is 2.48. The molecule has 0 spiro atoms. The van der Waals surface area contributed by atoms with Crippen molar-refractivity contribution < 1.29 is 19.7 Å². The first-order valence-corrected chi connectivity index (χ1v) is 3.57. The normalized spacial score (nSPS) is 9.00.